The number of para-hydroxylation sites is 1. The Kier molecular flexibility index (Phi) is 6.40. The maximum absolute atomic E-state index is 13.1. The predicted molar refractivity (Wildman–Crippen MR) is 109 cm³/mol. The van der Waals surface area contributed by atoms with E-state index in [-0.39, 0.29) is 35.0 Å². The van der Waals surface area contributed by atoms with E-state index in [4.69, 9.17) is 9.15 Å². The molecule has 0 bridgehead atoms. The smallest absolute Gasteiger partial charge is 0.340 e. The maximum atomic E-state index is 13.1. The van der Waals surface area contributed by atoms with Gasteiger partial charge in [0.2, 0.25) is 0 Å². The highest BCUT2D eigenvalue weighted by Crippen LogP contribution is 2.24. The van der Waals surface area contributed by atoms with Crippen molar-refractivity contribution < 1.29 is 23.1 Å². The van der Waals surface area contributed by atoms with E-state index in [9.17, 15) is 19.2 Å². The van der Waals surface area contributed by atoms with Gasteiger partial charge in [-0.05, 0) is 55.5 Å². The molecule has 1 heterocycles. The second-order valence-corrected chi connectivity index (χ2v) is 6.10. The van der Waals surface area contributed by atoms with Crippen LogP contribution in [0, 0.1) is 17.1 Å². The van der Waals surface area contributed by atoms with Gasteiger partial charge in [-0.3, -0.25) is 4.79 Å². The normalized spacial score (nSPS) is 10.9. The molecule has 0 aliphatic carbocycles. The molecule has 30 heavy (non-hydrogen) atoms. The number of furan rings is 1. The lowest BCUT2D eigenvalue weighted by atomic mass is 10.1. The van der Waals surface area contributed by atoms with Gasteiger partial charge in [-0.15, -0.1) is 0 Å². The van der Waals surface area contributed by atoms with Gasteiger partial charge in [0, 0.05) is 11.6 Å². The number of anilines is 1. The number of hydrogen-bond acceptors (Lipinski definition) is 5. The molecular weight excluding hydrogens is 387 g/mol. The van der Waals surface area contributed by atoms with Gasteiger partial charge in [0.25, 0.3) is 5.91 Å². The minimum atomic E-state index is -0.700. The standard InChI is InChI=1S/C23H17FN2O4/c1-2-29-23(28)19-5-3-4-6-20(19)26-22(27)16(14-25)13-18-11-12-21(30-18)15-7-9-17(24)10-8-15/h3-13H,2H2,1H3,(H,26,27)/b16-13+. The Morgan fingerprint density at radius 1 is 1.13 bits per heavy atom. The number of benzene rings is 2. The number of rotatable bonds is 6. The van der Waals surface area contributed by atoms with Gasteiger partial charge in [-0.25, -0.2) is 9.18 Å². The number of hydrogen-bond donors (Lipinski definition) is 1. The van der Waals surface area contributed by atoms with Crippen LogP contribution < -0.4 is 5.32 Å². The number of halogens is 1. The first kappa shape index (κ1) is 20.6. The van der Waals surface area contributed by atoms with Crippen LogP contribution in [-0.4, -0.2) is 18.5 Å². The quantitative estimate of drug-likeness (QED) is 0.362. The van der Waals surface area contributed by atoms with Crippen LogP contribution in [0.4, 0.5) is 10.1 Å². The van der Waals surface area contributed by atoms with Gasteiger partial charge in [0.05, 0.1) is 17.9 Å². The summed E-state index contributed by atoms with van der Waals surface area (Å²) < 4.78 is 23.7. The van der Waals surface area contributed by atoms with Gasteiger partial charge >= 0.3 is 5.97 Å². The number of nitriles is 1. The van der Waals surface area contributed by atoms with Crippen LogP contribution in [0.2, 0.25) is 0 Å². The molecule has 150 valence electrons. The zero-order valence-corrected chi connectivity index (χ0v) is 16.0. The molecule has 1 amide bonds. The minimum absolute atomic E-state index is 0.182. The van der Waals surface area contributed by atoms with E-state index in [1.165, 1.54) is 24.3 Å². The Morgan fingerprint density at radius 3 is 2.57 bits per heavy atom. The fourth-order valence-electron chi connectivity index (χ4n) is 2.66. The minimum Gasteiger partial charge on any atom is -0.462 e. The molecule has 0 unspecified atom stereocenters. The molecule has 0 spiro atoms. The Labute approximate surface area is 172 Å². The maximum Gasteiger partial charge on any atom is 0.340 e. The van der Waals surface area contributed by atoms with Crippen molar-refractivity contribution in [2.45, 2.75) is 6.92 Å². The first-order valence-corrected chi connectivity index (χ1v) is 9.07. The Morgan fingerprint density at radius 2 is 1.87 bits per heavy atom. The second kappa shape index (κ2) is 9.34. The van der Waals surface area contributed by atoms with E-state index in [0.29, 0.717) is 11.3 Å². The Hall–Kier alpha value is -4.18. The summed E-state index contributed by atoms with van der Waals surface area (Å²) >= 11 is 0. The summed E-state index contributed by atoms with van der Waals surface area (Å²) in [6, 6.07) is 17.2. The molecule has 6 nitrogen and oxygen atoms in total. The third-order valence-corrected chi connectivity index (χ3v) is 4.08. The number of amides is 1. The van der Waals surface area contributed by atoms with Crippen molar-refractivity contribution in [2.75, 3.05) is 11.9 Å². The summed E-state index contributed by atoms with van der Waals surface area (Å²) in [7, 11) is 0. The van der Waals surface area contributed by atoms with E-state index in [2.05, 4.69) is 5.32 Å². The molecule has 0 aliphatic rings. The SMILES string of the molecule is CCOC(=O)c1ccccc1NC(=O)/C(C#N)=C/c1ccc(-c2ccc(F)cc2)o1. The molecule has 0 saturated carbocycles. The van der Waals surface area contributed by atoms with E-state index in [1.54, 1.807) is 49.4 Å². The van der Waals surface area contributed by atoms with Crippen molar-refractivity contribution >= 4 is 23.6 Å². The Balaban J connectivity index is 1.81. The molecule has 0 fully saturated rings. The van der Waals surface area contributed by atoms with Crippen LogP contribution in [-0.2, 0) is 9.53 Å². The van der Waals surface area contributed by atoms with Crippen molar-refractivity contribution in [3.8, 4) is 17.4 Å². The molecule has 0 radical (unpaired) electrons. The summed E-state index contributed by atoms with van der Waals surface area (Å²) in [5.41, 5.74) is 0.853. The molecule has 0 aliphatic heterocycles. The molecule has 0 atom stereocenters. The van der Waals surface area contributed by atoms with Gasteiger partial charge in [0.15, 0.2) is 0 Å². The predicted octanol–water partition coefficient (Wildman–Crippen LogP) is 4.81. The highest BCUT2D eigenvalue weighted by atomic mass is 19.1. The van der Waals surface area contributed by atoms with Crippen molar-refractivity contribution in [3.63, 3.8) is 0 Å². The molecule has 7 heteroatoms. The van der Waals surface area contributed by atoms with Crippen molar-refractivity contribution in [2.24, 2.45) is 0 Å². The second-order valence-electron chi connectivity index (χ2n) is 6.10. The third kappa shape index (κ3) is 4.80. The zero-order chi connectivity index (χ0) is 21.5. The topological polar surface area (TPSA) is 92.3 Å². The van der Waals surface area contributed by atoms with E-state index in [0.717, 1.165) is 0 Å². The molecule has 3 aromatic rings. The van der Waals surface area contributed by atoms with Crippen LogP contribution in [0.1, 0.15) is 23.0 Å². The van der Waals surface area contributed by atoms with E-state index < -0.39 is 11.9 Å². The largest absolute Gasteiger partial charge is 0.462 e. The lowest BCUT2D eigenvalue weighted by Gasteiger charge is -2.09. The zero-order valence-electron chi connectivity index (χ0n) is 16.0. The third-order valence-electron chi connectivity index (χ3n) is 4.08. The summed E-state index contributed by atoms with van der Waals surface area (Å²) in [5.74, 6) is -0.900. The highest BCUT2D eigenvalue weighted by Gasteiger charge is 2.17. The van der Waals surface area contributed by atoms with Gasteiger partial charge < -0.3 is 14.5 Å². The average molecular weight is 404 g/mol. The Bertz CT molecular complexity index is 1140. The summed E-state index contributed by atoms with van der Waals surface area (Å²) in [6.45, 7) is 1.87. The molecule has 3 rings (SSSR count). The number of esters is 1. The molecule has 1 N–H and O–H groups in total. The number of carbonyl (C=O) groups excluding carboxylic acids is 2. The van der Waals surface area contributed by atoms with Crippen LogP contribution in [0.5, 0.6) is 0 Å². The lowest BCUT2D eigenvalue weighted by molar-refractivity contribution is -0.112. The van der Waals surface area contributed by atoms with Crippen LogP contribution >= 0.6 is 0 Å². The molecule has 2 aromatic carbocycles. The van der Waals surface area contributed by atoms with Gasteiger partial charge in [-0.2, -0.15) is 5.26 Å². The van der Waals surface area contributed by atoms with Crippen LogP contribution in [0.3, 0.4) is 0 Å². The number of carbonyl (C=O) groups is 2. The first-order valence-electron chi connectivity index (χ1n) is 9.07. The van der Waals surface area contributed by atoms with E-state index >= 15 is 0 Å². The highest BCUT2D eigenvalue weighted by molar-refractivity contribution is 6.11. The van der Waals surface area contributed by atoms with Crippen molar-refractivity contribution in [1.82, 2.24) is 0 Å². The average Bonchev–Trinajstić information content (AvgIpc) is 3.21. The number of nitrogens with one attached hydrogen (secondary N) is 1. The summed E-state index contributed by atoms with van der Waals surface area (Å²) in [5, 5.41) is 12.0. The van der Waals surface area contributed by atoms with E-state index in [1.807, 2.05) is 6.07 Å². The summed E-state index contributed by atoms with van der Waals surface area (Å²) in [6.07, 6.45) is 1.29. The fourth-order valence-corrected chi connectivity index (χ4v) is 2.66. The molecule has 0 saturated heterocycles. The first-order chi connectivity index (χ1) is 14.5. The lowest BCUT2D eigenvalue weighted by Crippen LogP contribution is -2.17. The number of ether oxygens (including phenoxy) is 1. The van der Waals surface area contributed by atoms with Crippen molar-refractivity contribution in [3.05, 3.63) is 83.4 Å². The van der Waals surface area contributed by atoms with Crippen LogP contribution in [0.25, 0.3) is 17.4 Å². The molecular formula is C23H17FN2O4. The van der Waals surface area contributed by atoms with Crippen LogP contribution in [0.15, 0.2) is 70.7 Å². The molecule has 1 aromatic heterocycles. The fraction of sp³-hybridized carbons (Fsp3) is 0.0870. The summed E-state index contributed by atoms with van der Waals surface area (Å²) in [4.78, 5) is 24.6. The monoisotopic (exact) mass is 404 g/mol. The van der Waals surface area contributed by atoms with Crippen molar-refractivity contribution in [1.29, 1.82) is 5.26 Å². The van der Waals surface area contributed by atoms with Gasteiger partial charge in [0.1, 0.15) is 29.0 Å². The van der Waals surface area contributed by atoms with Gasteiger partial charge in [-0.1, -0.05) is 12.1 Å². The number of nitrogens with zero attached hydrogens (tertiary/aromatic N) is 1.